The van der Waals surface area contributed by atoms with E-state index < -0.39 is 0 Å². The number of ether oxygens (including phenoxy) is 1. The zero-order valence-corrected chi connectivity index (χ0v) is 21.5. The number of para-hydroxylation sites is 4. The Kier molecular flexibility index (Phi) is 5.10. The van der Waals surface area contributed by atoms with Crippen LogP contribution in [0.1, 0.15) is 0 Å². The van der Waals surface area contributed by atoms with E-state index in [1.807, 2.05) is 54.6 Å². The molecule has 0 radical (unpaired) electrons. The summed E-state index contributed by atoms with van der Waals surface area (Å²) in [6.45, 7) is 0. The van der Waals surface area contributed by atoms with Gasteiger partial charge in [0.15, 0.2) is 17.3 Å². The molecule has 0 saturated carbocycles. The minimum Gasteiger partial charge on any atom is -0.453 e. The Morgan fingerprint density at radius 3 is 2.00 bits per heavy atom. The molecule has 0 N–H and O–H groups in total. The van der Waals surface area contributed by atoms with E-state index in [1.54, 1.807) is 0 Å². The van der Waals surface area contributed by atoms with Crippen LogP contribution in [0.2, 0.25) is 0 Å². The number of hydrogen-bond acceptors (Lipinski definition) is 4. The molecule has 0 aliphatic carbocycles. The summed E-state index contributed by atoms with van der Waals surface area (Å²) < 4.78 is 6.24. The number of anilines is 3. The molecule has 0 unspecified atom stereocenters. The van der Waals surface area contributed by atoms with Crippen molar-refractivity contribution in [2.75, 3.05) is 4.90 Å². The first-order valence-electron chi connectivity index (χ1n) is 13.3. The second-order valence-corrected chi connectivity index (χ2v) is 9.86. The predicted octanol–water partition coefficient (Wildman–Crippen LogP) is 9.69. The highest BCUT2D eigenvalue weighted by atomic mass is 16.5. The largest absolute Gasteiger partial charge is 0.453 e. The topological polar surface area (TPSA) is 38.2 Å². The van der Waals surface area contributed by atoms with E-state index in [0.717, 1.165) is 56.3 Å². The molecular formula is C36H23N3O. The van der Waals surface area contributed by atoms with Crippen LogP contribution in [0.3, 0.4) is 0 Å². The molecule has 2 heterocycles. The van der Waals surface area contributed by atoms with Crippen molar-refractivity contribution < 1.29 is 4.74 Å². The first kappa shape index (κ1) is 22.5. The minimum atomic E-state index is 0.705. The molecule has 0 bridgehead atoms. The average Bonchev–Trinajstić information content (AvgIpc) is 3.03. The maximum Gasteiger partial charge on any atom is 0.160 e. The summed E-state index contributed by atoms with van der Waals surface area (Å²) in [7, 11) is 0. The van der Waals surface area contributed by atoms with Gasteiger partial charge in [-0.2, -0.15) is 0 Å². The van der Waals surface area contributed by atoms with Gasteiger partial charge in [0.25, 0.3) is 0 Å². The number of aromatic nitrogens is 2. The molecule has 0 atom stereocenters. The molecule has 0 saturated heterocycles. The van der Waals surface area contributed by atoms with Gasteiger partial charge in [0.05, 0.1) is 22.6 Å². The van der Waals surface area contributed by atoms with Crippen LogP contribution in [0.25, 0.3) is 44.3 Å². The van der Waals surface area contributed by atoms with Gasteiger partial charge in [-0.1, -0.05) is 97.1 Å². The SMILES string of the molecule is c1ccc(-c2nc(-c3cccc4ccccc34)c3ccc(N4c5ccccc5Oc5ccccc54)cc3n2)cc1. The quantitative estimate of drug-likeness (QED) is 0.236. The number of fused-ring (bicyclic) bond motifs is 4. The Balaban J connectivity index is 1.40. The van der Waals surface area contributed by atoms with Gasteiger partial charge >= 0.3 is 0 Å². The summed E-state index contributed by atoms with van der Waals surface area (Å²) in [6.07, 6.45) is 0. The monoisotopic (exact) mass is 513 g/mol. The number of nitrogens with zero attached hydrogens (tertiary/aromatic N) is 3. The van der Waals surface area contributed by atoms with Gasteiger partial charge in [0, 0.05) is 22.2 Å². The Morgan fingerprint density at radius 2 is 1.20 bits per heavy atom. The fraction of sp³-hybridized carbons (Fsp3) is 0. The second kappa shape index (κ2) is 9.07. The van der Waals surface area contributed by atoms with Crippen LogP contribution in [-0.2, 0) is 0 Å². The van der Waals surface area contributed by atoms with Crippen LogP contribution in [0.4, 0.5) is 17.1 Å². The number of hydrogen-bond donors (Lipinski definition) is 0. The fourth-order valence-electron chi connectivity index (χ4n) is 5.59. The molecule has 1 aromatic heterocycles. The van der Waals surface area contributed by atoms with E-state index >= 15 is 0 Å². The molecular weight excluding hydrogens is 490 g/mol. The second-order valence-electron chi connectivity index (χ2n) is 9.86. The Morgan fingerprint density at radius 1 is 0.525 bits per heavy atom. The Hall–Kier alpha value is -5.48. The van der Waals surface area contributed by atoms with Crippen molar-refractivity contribution in [3.05, 3.63) is 140 Å². The molecule has 188 valence electrons. The van der Waals surface area contributed by atoms with E-state index in [-0.39, 0.29) is 0 Å². The third-order valence-corrected chi connectivity index (χ3v) is 7.45. The maximum atomic E-state index is 6.24. The highest BCUT2D eigenvalue weighted by Crippen LogP contribution is 2.50. The molecule has 1 aliphatic rings. The van der Waals surface area contributed by atoms with Crippen LogP contribution in [0, 0.1) is 0 Å². The van der Waals surface area contributed by atoms with Crippen LogP contribution >= 0.6 is 0 Å². The van der Waals surface area contributed by atoms with Gasteiger partial charge in [-0.05, 0) is 53.2 Å². The maximum absolute atomic E-state index is 6.24. The van der Waals surface area contributed by atoms with E-state index in [0.29, 0.717) is 5.82 Å². The average molecular weight is 514 g/mol. The summed E-state index contributed by atoms with van der Waals surface area (Å²) in [5.41, 5.74) is 6.89. The van der Waals surface area contributed by atoms with Crippen molar-refractivity contribution >= 4 is 38.7 Å². The number of benzene rings is 6. The lowest BCUT2D eigenvalue weighted by Crippen LogP contribution is -2.15. The molecule has 0 amide bonds. The molecule has 1 aliphatic heterocycles. The Bertz CT molecular complexity index is 2000. The smallest absolute Gasteiger partial charge is 0.160 e. The van der Waals surface area contributed by atoms with E-state index in [1.165, 1.54) is 10.8 Å². The first-order valence-corrected chi connectivity index (χ1v) is 13.3. The Labute approximate surface area is 231 Å². The van der Waals surface area contributed by atoms with E-state index in [2.05, 4.69) is 89.8 Å². The highest BCUT2D eigenvalue weighted by Gasteiger charge is 2.26. The molecule has 4 heteroatoms. The zero-order chi connectivity index (χ0) is 26.5. The molecule has 4 nitrogen and oxygen atoms in total. The summed E-state index contributed by atoms with van der Waals surface area (Å²) in [5.74, 6) is 2.35. The van der Waals surface area contributed by atoms with Crippen molar-refractivity contribution in [3.63, 3.8) is 0 Å². The van der Waals surface area contributed by atoms with Crippen molar-refractivity contribution in [1.82, 2.24) is 9.97 Å². The molecule has 6 aromatic carbocycles. The molecule has 8 rings (SSSR count). The summed E-state index contributed by atoms with van der Waals surface area (Å²) in [6, 6.07) is 47.8. The van der Waals surface area contributed by atoms with Crippen LogP contribution in [0.5, 0.6) is 11.5 Å². The van der Waals surface area contributed by atoms with Crippen molar-refractivity contribution in [2.24, 2.45) is 0 Å². The van der Waals surface area contributed by atoms with E-state index in [4.69, 9.17) is 14.7 Å². The minimum absolute atomic E-state index is 0.705. The molecule has 40 heavy (non-hydrogen) atoms. The third-order valence-electron chi connectivity index (χ3n) is 7.45. The fourth-order valence-corrected chi connectivity index (χ4v) is 5.59. The lowest BCUT2D eigenvalue weighted by Gasteiger charge is -2.32. The van der Waals surface area contributed by atoms with Crippen molar-refractivity contribution in [1.29, 1.82) is 0 Å². The van der Waals surface area contributed by atoms with Crippen molar-refractivity contribution in [3.8, 4) is 34.1 Å². The highest BCUT2D eigenvalue weighted by molar-refractivity contribution is 6.04. The lowest BCUT2D eigenvalue weighted by molar-refractivity contribution is 0.477. The molecule has 7 aromatic rings. The van der Waals surface area contributed by atoms with E-state index in [9.17, 15) is 0 Å². The normalized spacial score (nSPS) is 12.2. The van der Waals surface area contributed by atoms with Gasteiger partial charge in [-0.25, -0.2) is 9.97 Å². The molecule has 0 fully saturated rings. The van der Waals surface area contributed by atoms with Gasteiger partial charge in [0.2, 0.25) is 0 Å². The zero-order valence-electron chi connectivity index (χ0n) is 21.5. The first-order chi connectivity index (χ1) is 19.8. The van der Waals surface area contributed by atoms with Gasteiger partial charge in [-0.15, -0.1) is 0 Å². The van der Waals surface area contributed by atoms with Crippen LogP contribution < -0.4 is 9.64 Å². The summed E-state index contributed by atoms with van der Waals surface area (Å²) in [5, 5.41) is 3.37. The van der Waals surface area contributed by atoms with Gasteiger partial charge in [0.1, 0.15) is 0 Å². The van der Waals surface area contributed by atoms with Gasteiger partial charge < -0.3 is 9.64 Å². The lowest BCUT2D eigenvalue weighted by atomic mass is 9.98. The van der Waals surface area contributed by atoms with Crippen LogP contribution in [0.15, 0.2) is 140 Å². The van der Waals surface area contributed by atoms with Gasteiger partial charge in [-0.3, -0.25) is 0 Å². The molecule has 0 spiro atoms. The van der Waals surface area contributed by atoms with Crippen LogP contribution in [-0.4, -0.2) is 9.97 Å². The summed E-state index contributed by atoms with van der Waals surface area (Å²) in [4.78, 5) is 12.5. The third kappa shape index (κ3) is 3.62. The van der Waals surface area contributed by atoms with Crippen molar-refractivity contribution in [2.45, 2.75) is 0 Å². The number of rotatable bonds is 3. The predicted molar refractivity (Wildman–Crippen MR) is 163 cm³/mol. The summed E-state index contributed by atoms with van der Waals surface area (Å²) >= 11 is 0. The standard InChI is InChI=1S/C36H23N3O/c1-2-12-25(13-3-1)36-37-30-23-26(39-31-17-6-8-19-33(31)40-34-20-9-7-18-32(34)39)21-22-29(30)35(38-36)28-16-10-14-24-11-4-5-15-27(24)28/h1-23H.